The summed E-state index contributed by atoms with van der Waals surface area (Å²) < 4.78 is 35.4. The second-order valence-electron chi connectivity index (χ2n) is 11.7. The number of para-hydroxylation sites is 3. The van der Waals surface area contributed by atoms with Crippen LogP contribution < -0.4 is 0 Å². The van der Waals surface area contributed by atoms with E-state index in [1.165, 1.54) is 0 Å². The largest absolute Gasteiger partial charge is 0.455 e. The Balaban J connectivity index is 1.25. The van der Waals surface area contributed by atoms with E-state index < -0.39 is 9.84 Å². The van der Waals surface area contributed by atoms with Crippen LogP contribution in [-0.4, -0.2) is 13.0 Å². The molecule has 0 atom stereocenters. The molecule has 0 saturated carbocycles. The maximum absolute atomic E-state index is 13.4. The molecule has 8 aromatic rings. The van der Waals surface area contributed by atoms with Crippen LogP contribution in [0.1, 0.15) is 11.1 Å². The van der Waals surface area contributed by atoms with Gasteiger partial charge in [-0.15, -0.1) is 0 Å². The first-order chi connectivity index (χ1) is 22.0. The molecule has 9 rings (SSSR count). The van der Waals surface area contributed by atoms with E-state index in [1.54, 1.807) is 0 Å². The quantitative estimate of drug-likeness (QED) is 0.186. The van der Waals surface area contributed by atoms with Crippen molar-refractivity contribution in [3.8, 4) is 27.9 Å². The van der Waals surface area contributed by atoms with Crippen LogP contribution in [0.4, 0.5) is 5.69 Å². The summed E-state index contributed by atoms with van der Waals surface area (Å²) >= 11 is 0. The zero-order valence-electron chi connectivity index (χ0n) is 24.0. The van der Waals surface area contributed by atoms with Gasteiger partial charge in [0.25, 0.3) is 0 Å². The highest BCUT2D eigenvalue weighted by Gasteiger charge is 2.26. The van der Waals surface area contributed by atoms with Crippen LogP contribution in [0.5, 0.6) is 0 Å². The van der Waals surface area contributed by atoms with Crippen LogP contribution in [0.25, 0.3) is 76.5 Å². The van der Waals surface area contributed by atoms with Crippen molar-refractivity contribution < 1.29 is 12.8 Å². The third-order valence-corrected chi connectivity index (χ3v) is 10.5. The summed E-state index contributed by atoms with van der Waals surface area (Å²) in [5, 5.41) is 4.18. The molecule has 5 nitrogen and oxygen atoms in total. The highest BCUT2D eigenvalue weighted by Crippen LogP contribution is 2.41. The van der Waals surface area contributed by atoms with E-state index in [0.717, 1.165) is 82.8 Å². The van der Waals surface area contributed by atoms with Gasteiger partial charge >= 0.3 is 0 Å². The van der Waals surface area contributed by atoms with Crippen LogP contribution in [0.15, 0.2) is 126 Å². The normalized spacial score (nSPS) is 13.9. The van der Waals surface area contributed by atoms with Gasteiger partial charge in [0, 0.05) is 27.4 Å². The smallest absolute Gasteiger partial charge is 0.188 e. The van der Waals surface area contributed by atoms with E-state index in [0.29, 0.717) is 5.69 Å². The van der Waals surface area contributed by atoms with Crippen molar-refractivity contribution in [3.05, 3.63) is 144 Å². The molecule has 0 bridgehead atoms. The molecule has 0 unspecified atom stereocenters. The minimum atomic E-state index is -3.41. The van der Waals surface area contributed by atoms with Crippen molar-refractivity contribution in [1.82, 2.24) is 4.57 Å². The van der Waals surface area contributed by atoms with Crippen LogP contribution in [-0.2, 0) is 21.3 Å². The summed E-state index contributed by atoms with van der Waals surface area (Å²) in [5.74, 6) is -0.0571. The summed E-state index contributed by atoms with van der Waals surface area (Å²) in [6, 6.07) is 40.3. The topological polar surface area (TPSA) is 56.6 Å². The second-order valence-corrected chi connectivity index (χ2v) is 13.8. The average molecular weight is 601 g/mol. The van der Waals surface area contributed by atoms with Crippen molar-refractivity contribution in [2.24, 2.45) is 0 Å². The molecule has 0 spiro atoms. The Hall–Kier alpha value is -5.64. The van der Waals surface area contributed by atoms with Gasteiger partial charge in [-0.2, -0.15) is 0 Å². The molecule has 0 amide bonds. The molecule has 1 aliphatic rings. The molecule has 6 aromatic carbocycles. The lowest BCUT2D eigenvalue weighted by molar-refractivity contribution is 0.595. The lowest BCUT2D eigenvalue weighted by Gasteiger charge is -2.15. The molecule has 214 valence electrons. The Labute approximate surface area is 259 Å². The first-order valence-electron chi connectivity index (χ1n) is 14.8. The maximum atomic E-state index is 13.4. The summed E-state index contributed by atoms with van der Waals surface area (Å²) in [4.78, 5) is 3.65. The number of benzene rings is 6. The van der Waals surface area contributed by atoms with E-state index in [2.05, 4.69) is 51.9 Å². The molecule has 0 N–H and O–H groups in total. The molecular formula is C39H24N2O3S. The summed E-state index contributed by atoms with van der Waals surface area (Å²) in [7, 11) is -3.41. The van der Waals surface area contributed by atoms with Gasteiger partial charge in [0.1, 0.15) is 11.2 Å². The Morgan fingerprint density at radius 1 is 0.622 bits per heavy atom. The minimum Gasteiger partial charge on any atom is -0.455 e. The summed E-state index contributed by atoms with van der Waals surface area (Å²) in [6.07, 6.45) is 0. The monoisotopic (exact) mass is 600 g/mol. The number of sulfone groups is 1. The number of nitrogens with zero attached hydrogens (tertiary/aromatic N) is 2. The second kappa shape index (κ2) is 9.43. The molecule has 6 heteroatoms. The molecular weight excluding hydrogens is 577 g/mol. The minimum absolute atomic E-state index is 0.0205. The fraction of sp³-hybridized carbons (Fsp3) is 0.0513. The van der Waals surface area contributed by atoms with Gasteiger partial charge in [0.2, 0.25) is 0 Å². The molecule has 0 radical (unpaired) electrons. The number of furan rings is 1. The van der Waals surface area contributed by atoms with Gasteiger partial charge in [0.15, 0.2) is 15.5 Å². The van der Waals surface area contributed by atoms with Crippen molar-refractivity contribution in [2.75, 3.05) is 0 Å². The molecule has 3 heterocycles. The third kappa shape index (κ3) is 3.95. The lowest BCUT2D eigenvalue weighted by Crippen LogP contribution is -2.05. The van der Waals surface area contributed by atoms with Crippen LogP contribution in [0.2, 0.25) is 0 Å². The van der Waals surface area contributed by atoms with Gasteiger partial charge in [0.05, 0.1) is 29.1 Å². The lowest BCUT2D eigenvalue weighted by atomic mass is 9.92. The fourth-order valence-corrected chi connectivity index (χ4v) is 8.57. The molecule has 0 saturated heterocycles. The SMILES string of the molecule is [C-]#[N+]c1ccc2c(c1)c1ccccc1n2-c1ccc2c(c1)-c1ccc(-c3cccc4c3oc3ccccc34)cc1CS(=O)(=O)C2. The third-order valence-electron chi connectivity index (χ3n) is 9.00. The first-order valence-corrected chi connectivity index (χ1v) is 16.6. The van der Waals surface area contributed by atoms with Crippen LogP contribution in [0.3, 0.4) is 0 Å². The van der Waals surface area contributed by atoms with Crippen LogP contribution >= 0.6 is 0 Å². The Morgan fingerprint density at radius 3 is 2.29 bits per heavy atom. The average Bonchev–Trinajstić information content (AvgIpc) is 3.57. The highest BCUT2D eigenvalue weighted by molar-refractivity contribution is 7.89. The van der Waals surface area contributed by atoms with Crippen molar-refractivity contribution in [1.29, 1.82) is 0 Å². The van der Waals surface area contributed by atoms with Gasteiger partial charge < -0.3 is 8.98 Å². The summed E-state index contributed by atoms with van der Waals surface area (Å²) in [5.41, 5.74) is 10.5. The fourth-order valence-electron chi connectivity index (χ4n) is 7.03. The van der Waals surface area contributed by atoms with E-state index in [4.69, 9.17) is 11.0 Å². The Morgan fingerprint density at radius 2 is 1.40 bits per heavy atom. The Kier molecular flexibility index (Phi) is 5.41. The predicted molar refractivity (Wildman–Crippen MR) is 182 cm³/mol. The van der Waals surface area contributed by atoms with E-state index in [1.807, 2.05) is 78.9 Å². The van der Waals surface area contributed by atoms with Gasteiger partial charge in [-0.25, -0.2) is 13.3 Å². The molecule has 2 aromatic heterocycles. The highest BCUT2D eigenvalue weighted by atomic mass is 32.2. The maximum Gasteiger partial charge on any atom is 0.188 e. The molecule has 0 aliphatic carbocycles. The van der Waals surface area contributed by atoms with E-state index >= 15 is 0 Å². The van der Waals surface area contributed by atoms with Gasteiger partial charge in [-0.05, 0) is 75.7 Å². The van der Waals surface area contributed by atoms with Crippen LogP contribution in [0, 0.1) is 6.57 Å². The standard InChI is InChI=1S/C39H24N2O3S/c1-40-27-15-18-37-35(20-27)31-7-2-4-11-36(31)41(37)28-16-13-25-22-45(42,43)23-26-19-24(14-17-29(26)34(25)21-28)30-9-6-10-33-32-8-3-5-12-38(32)44-39(30)33/h2-21H,22-23H2. The number of hydrogen-bond acceptors (Lipinski definition) is 3. The van der Waals surface area contributed by atoms with Gasteiger partial charge in [-0.3, -0.25) is 0 Å². The predicted octanol–water partition coefficient (Wildman–Crippen LogP) is 10.00. The van der Waals surface area contributed by atoms with Crippen molar-refractivity contribution in [2.45, 2.75) is 11.5 Å². The van der Waals surface area contributed by atoms with E-state index in [-0.39, 0.29) is 11.5 Å². The van der Waals surface area contributed by atoms with E-state index in [9.17, 15) is 8.42 Å². The Bertz CT molecular complexity index is 2690. The van der Waals surface area contributed by atoms with Crippen molar-refractivity contribution in [3.63, 3.8) is 0 Å². The molecule has 0 fully saturated rings. The number of fused-ring (bicyclic) bond motifs is 9. The number of rotatable bonds is 2. The first kappa shape index (κ1) is 25.8. The number of aromatic nitrogens is 1. The van der Waals surface area contributed by atoms with Crippen molar-refractivity contribution >= 4 is 59.3 Å². The summed E-state index contributed by atoms with van der Waals surface area (Å²) in [6.45, 7) is 7.52. The zero-order chi connectivity index (χ0) is 30.3. The number of hydrogen-bond donors (Lipinski definition) is 0. The molecule has 45 heavy (non-hydrogen) atoms. The zero-order valence-corrected chi connectivity index (χ0v) is 24.8. The van der Waals surface area contributed by atoms with Gasteiger partial charge in [-0.1, -0.05) is 78.9 Å². The molecule has 1 aliphatic heterocycles.